The molecule has 0 atom stereocenters. The Morgan fingerprint density at radius 3 is 2.54 bits per heavy atom. The maximum Gasteiger partial charge on any atom is 0.246 e. The number of carbonyl (C=O) groups is 1. The summed E-state index contributed by atoms with van der Waals surface area (Å²) in [5.74, 6) is 0.541. The average Bonchev–Trinajstić information content (AvgIpc) is 3.29. The topological polar surface area (TPSA) is 107 Å². The molecule has 2 aromatic heterocycles. The summed E-state index contributed by atoms with van der Waals surface area (Å²) >= 11 is 0. The number of sulfone groups is 1. The van der Waals surface area contributed by atoms with Gasteiger partial charge in [0.2, 0.25) is 17.6 Å². The Hall–Kier alpha value is -2.94. The number of hydrogen-bond acceptors (Lipinski definition) is 6. The van der Waals surface area contributed by atoms with E-state index in [9.17, 15) is 13.2 Å². The van der Waals surface area contributed by atoms with Crippen molar-refractivity contribution in [3.05, 3.63) is 54.0 Å². The summed E-state index contributed by atoms with van der Waals surface area (Å²) in [5.41, 5.74) is 1.54. The van der Waals surface area contributed by atoms with Crippen LogP contribution in [0.2, 0.25) is 0 Å². The van der Waals surface area contributed by atoms with E-state index in [1.165, 1.54) is 12.1 Å². The van der Waals surface area contributed by atoms with Gasteiger partial charge in [-0.2, -0.15) is 4.98 Å². The molecule has 0 saturated heterocycles. The molecule has 0 fully saturated rings. The second kappa shape index (κ2) is 7.97. The van der Waals surface area contributed by atoms with Crippen molar-refractivity contribution < 1.29 is 17.7 Å². The predicted octanol–water partition coefficient (Wildman–Crippen LogP) is 2.12. The predicted molar refractivity (Wildman–Crippen MR) is 103 cm³/mol. The van der Waals surface area contributed by atoms with Crippen molar-refractivity contribution in [2.75, 3.05) is 0 Å². The molecule has 0 radical (unpaired) electrons. The van der Waals surface area contributed by atoms with Gasteiger partial charge in [-0.3, -0.25) is 4.79 Å². The number of benzene rings is 1. The molecule has 3 aromatic rings. The molecule has 9 heteroatoms. The second-order valence-electron chi connectivity index (χ2n) is 6.71. The van der Waals surface area contributed by atoms with Crippen molar-refractivity contribution in [1.29, 1.82) is 0 Å². The molecule has 0 aliphatic carbocycles. The first-order valence-electron chi connectivity index (χ1n) is 8.81. The van der Waals surface area contributed by atoms with Crippen LogP contribution >= 0.6 is 0 Å². The number of nitrogens with zero attached hydrogens (tertiary/aromatic N) is 3. The maximum atomic E-state index is 12.1. The van der Waals surface area contributed by atoms with Crippen molar-refractivity contribution in [2.45, 2.75) is 37.0 Å². The quantitative estimate of drug-likeness (QED) is 0.649. The van der Waals surface area contributed by atoms with Crippen molar-refractivity contribution in [1.82, 2.24) is 20.0 Å². The summed E-state index contributed by atoms with van der Waals surface area (Å²) in [6, 6.07) is 10.1. The fraction of sp³-hybridized carbons (Fsp3) is 0.316. The van der Waals surface area contributed by atoms with Gasteiger partial charge in [0.05, 0.1) is 28.8 Å². The molecular formula is C19H22N4O4S. The molecule has 8 nitrogen and oxygen atoms in total. The van der Waals surface area contributed by atoms with Crippen LogP contribution in [0.4, 0.5) is 0 Å². The molecular weight excluding hydrogens is 380 g/mol. The summed E-state index contributed by atoms with van der Waals surface area (Å²) in [7, 11) is -1.44. The van der Waals surface area contributed by atoms with Crippen LogP contribution in [-0.2, 0) is 34.6 Å². The lowest BCUT2D eigenvalue weighted by atomic mass is 10.1. The Labute approximate surface area is 163 Å². The zero-order valence-corrected chi connectivity index (χ0v) is 16.7. The minimum absolute atomic E-state index is 0.121. The number of hydrogen-bond donors (Lipinski definition) is 1. The summed E-state index contributed by atoms with van der Waals surface area (Å²) < 4.78 is 31.3. The van der Waals surface area contributed by atoms with Gasteiger partial charge in [0, 0.05) is 13.2 Å². The fourth-order valence-electron chi connectivity index (χ4n) is 2.62. The van der Waals surface area contributed by atoms with E-state index >= 15 is 0 Å². The number of carbonyl (C=O) groups excluding carboxylic acids is 1. The van der Waals surface area contributed by atoms with E-state index in [0.717, 1.165) is 11.3 Å². The van der Waals surface area contributed by atoms with Crippen molar-refractivity contribution in [3.63, 3.8) is 0 Å². The van der Waals surface area contributed by atoms with Crippen molar-refractivity contribution >= 4 is 15.7 Å². The number of amides is 1. The highest BCUT2D eigenvalue weighted by Crippen LogP contribution is 2.17. The van der Waals surface area contributed by atoms with E-state index in [1.807, 2.05) is 29.9 Å². The Morgan fingerprint density at radius 1 is 1.21 bits per heavy atom. The number of aromatic nitrogens is 3. The van der Waals surface area contributed by atoms with Crippen LogP contribution in [0.25, 0.3) is 11.5 Å². The molecule has 3 rings (SSSR count). The Bertz CT molecular complexity index is 1070. The van der Waals surface area contributed by atoms with Gasteiger partial charge in [0.25, 0.3) is 0 Å². The summed E-state index contributed by atoms with van der Waals surface area (Å²) in [6.45, 7) is 3.39. The first-order valence-corrected chi connectivity index (χ1v) is 10.4. The van der Waals surface area contributed by atoms with E-state index in [1.54, 1.807) is 26.0 Å². The molecule has 1 aromatic carbocycles. The molecule has 148 valence electrons. The SMILES string of the molecule is CC(C)S(=O)(=O)c1ccc(CC(=O)NCc2nc(-c3cccn3C)no2)cc1. The van der Waals surface area contributed by atoms with E-state index in [0.29, 0.717) is 11.7 Å². The van der Waals surface area contributed by atoms with E-state index < -0.39 is 15.1 Å². The zero-order valence-electron chi connectivity index (χ0n) is 15.9. The lowest BCUT2D eigenvalue weighted by molar-refractivity contribution is -0.120. The first kappa shape index (κ1) is 19.8. The molecule has 0 saturated carbocycles. The van der Waals surface area contributed by atoms with Crippen LogP contribution < -0.4 is 5.32 Å². The minimum atomic E-state index is -3.32. The monoisotopic (exact) mass is 402 g/mol. The lowest BCUT2D eigenvalue weighted by Crippen LogP contribution is -2.24. The largest absolute Gasteiger partial charge is 0.348 e. The standard InChI is InChI=1S/C19H22N4O4S/c1-13(2)28(25,26)15-8-6-14(7-9-15)11-17(24)20-12-18-21-19(22-27-18)16-5-4-10-23(16)3/h4-10,13H,11-12H2,1-3H3,(H,20,24). The van der Waals surface area contributed by atoms with Crippen LogP contribution in [0.3, 0.4) is 0 Å². The Balaban J connectivity index is 1.56. The lowest BCUT2D eigenvalue weighted by Gasteiger charge is -2.08. The molecule has 1 N–H and O–H groups in total. The molecule has 0 bridgehead atoms. The number of rotatable bonds is 7. The normalized spacial score (nSPS) is 11.7. The summed E-state index contributed by atoms with van der Waals surface area (Å²) in [5, 5.41) is 6.15. The van der Waals surface area contributed by atoms with Crippen LogP contribution in [-0.4, -0.2) is 34.3 Å². The molecule has 1 amide bonds. The first-order chi connectivity index (χ1) is 13.3. The van der Waals surface area contributed by atoms with Gasteiger partial charge in [-0.1, -0.05) is 17.3 Å². The van der Waals surface area contributed by atoms with Gasteiger partial charge < -0.3 is 14.4 Å². The van der Waals surface area contributed by atoms with Gasteiger partial charge >= 0.3 is 0 Å². The Kier molecular flexibility index (Phi) is 5.64. The highest BCUT2D eigenvalue weighted by Gasteiger charge is 2.19. The average molecular weight is 402 g/mol. The van der Waals surface area contributed by atoms with E-state index in [2.05, 4.69) is 15.5 Å². The molecule has 28 heavy (non-hydrogen) atoms. The van der Waals surface area contributed by atoms with Crippen LogP contribution in [0.1, 0.15) is 25.3 Å². The van der Waals surface area contributed by atoms with Gasteiger partial charge in [-0.25, -0.2) is 8.42 Å². The fourth-order valence-corrected chi connectivity index (χ4v) is 3.68. The Morgan fingerprint density at radius 2 is 1.93 bits per heavy atom. The highest BCUT2D eigenvalue weighted by atomic mass is 32.2. The summed E-state index contributed by atoms with van der Waals surface area (Å²) in [6.07, 6.45) is 2.01. The zero-order chi connectivity index (χ0) is 20.3. The molecule has 2 heterocycles. The highest BCUT2D eigenvalue weighted by molar-refractivity contribution is 7.92. The summed E-state index contributed by atoms with van der Waals surface area (Å²) in [4.78, 5) is 16.7. The van der Waals surface area contributed by atoms with Crippen LogP contribution in [0.15, 0.2) is 52.0 Å². The molecule has 0 aliphatic rings. The van der Waals surface area contributed by atoms with Gasteiger partial charge in [0.1, 0.15) is 0 Å². The number of aryl methyl sites for hydroxylation is 1. The van der Waals surface area contributed by atoms with Gasteiger partial charge in [-0.15, -0.1) is 0 Å². The second-order valence-corrected chi connectivity index (χ2v) is 9.21. The van der Waals surface area contributed by atoms with Crippen LogP contribution in [0, 0.1) is 0 Å². The third-order valence-electron chi connectivity index (χ3n) is 4.31. The van der Waals surface area contributed by atoms with Crippen molar-refractivity contribution in [3.8, 4) is 11.5 Å². The molecule has 0 aliphatic heterocycles. The van der Waals surface area contributed by atoms with Crippen molar-refractivity contribution in [2.24, 2.45) is 7.05 Å². The number of nitrogens with one attached hydrogen (secondary N) is 1. The van der Waals surface area contributed by atoms with Crippen LogP contribution in [0.5, 0.6) is 0 Å². The molecule has 0 spiro atoms. The van der Waals surface area contributed by atoms with E-state index in [-0.39, 0.29) is 23.8 Å². The smallest absolute Gasteiger partial charge is 0.246 e. The van der Waals surface area contributed by atoms with Gasteiger partial charge in [0.15, 0.2) is 9.84 Å². The molecule has 0 unspecified atom stereocenters. The third-order valence-corrected chi connectivity index (χ3v) is 6.49. The van der Waals surface area contributed by atoms with E-state index in [4.69, 9.17) is 4.52 Å². The maximum absolute atomic E-state index is 12.1. The van der Waals surface area contributed by atoms with Gasteiger partial charge in [-0.05, 0) is 43.7 Å². The minimum Gasteiger partial charge on any atom is -0.348 e. The third kappa shape index (κ3) is 4.30.